The van der Waals surface area contributed by atoms with Crippen LogP contribution < -0.4 is 36.7 Å². The van der Waals surface area contributed by atoms with Crippen molar-refractivity contribution < 1.29 is 56.4 Å². The van der Waals surface area contributed by atoms with Crippen molar-refractivity contribution in [3.05, 3.63) is 69.3 Å². The lowest BCUT2D eigenvalue weighted by Crippen LogP contribution is -2.45. The Balaban J connectivity index is 0.000000390. The summed E-state index contributed by atoms with van der Waals surface area (Å²) in [6.07, 6.45) is 4.25. The summed E-state index contributed by atoms with van der Waals surface area (Å²) in [5.41, 5.74) is -3.74. The van der Waals surface area contributed by atoms with E-state index in [0.717, 1.165) is 12.8 Å². The van der Waals surface area contributed by atoms with E-state index in [1.54, 1.807) is 52.8 Å². The summed E-state index contributed by atoms with van der Waals surface area (Å²) in [6, 6.07) is 4.74. The van der Waals surface area contributed by atoms with Crippen LogP contribution in [-0.4, -0.2) is 114 Å². The Bertz CT molecular complexity index is 2270. The van der Waals surface area contributed by atoms with E-state index in [0.29, 0.717) is 96.8 Å². The number of amides is 3. The molecule has 0 aromatic carbocycles. The molecule has 2 aliphatic rings. The molecular weight excluding hydrogens is 971 g/mol. The molecule has 3 N–H and O–H groups in total. The third-order valence-electron chi connectivity index (χ3n) is 10.7. The maximum Gasteiger partial charge on any atom is 0.407 e. The van der Waals surface area contributed by atoms with Crippen molar-refractivity contribution in [3.8, 4) is 11.5 Å². The van der Waals surface area contributed by atoms with Crippen molar-refractivity contribution in [1.29, 1.82) is 0 Å². The van der Waals surface area contributed by atoms with Gasteiger partial charge in [0, 0.05) is 56.6 Å². The monoisotopic (exact) mass is 1050 g/mol. The molecule has 21 heteroatoms. The maximum absolute atomic E-state index is 13.5. The van der Waals surface area contributed by atoms with E-state index in [1.807, 2.05) is 55.4 Å². The Labute approximate surface area is 433 Å². The fraction of sp³-hybridized carbons (Fsp3) is 0.667. The number of rotatable bonds is 28. The highest BCUT2D eigenvalue weighted by atomic mass is 32.2. The number of ether oxygens (including phenoxy) is 7. The number of aliphatic imine (C=N–C) groups is 2. The average molecular weight is 1050 g/mol. The lowest BCUT2D eigenvalue weighted by Gasteiger charge is -2.28. The molecule has 0 saturated carbocycles. The largest absolute Gasteiger partial charge is 0.493 e. The number of carbonyl (C=O) groups excluding carboxylic acids is 3. The van der Waals surface area contributed by atoms with Gasteiger partial charge in [0.2, 0.25) is 23.4 Å². The van der Waals surface area contributed by atoms with Crippen LogP contribution in [0.25, 0.3) is 0 Å². The standard InChI is InChI=1S/C28H45N3O8S.C23H34N2O6S/c1-9-13-20(30-23(33)27(7)18-40-24(31-27)28(8,36-10-2)37-11-3)21-16-19(17-22(32)38-21)35-15-12-14-29-25(34)39-26(4,5)6;1-7-11-17(18-13-16(28-12-8-2)14-19(26)31-18)24-20(27)22(5)15-32-21(25-22)23(6,29-9-3)30-10-4/h16-17,20H,9-15,18H2,1-8H3,(H,29,34)(H,30,33);8,13-14,17H,2,7,9-12,15H2,1,3-6H3,(H,24,27)/t20-,27+;17-,22+/m11/s1. The molecule has 0 aliphatic carbocycles. The number of nitrogens with zero attached hydrogens (tertiary/aromatic N) is 2. The minimum Gasteiger partial charge on any atom is -0.493 e. The van der Waals surface area contributed by atoms with Gasteiger partial charge in [-0.3, -0.25) is 19.6 Å². The Morgan fingerprint density at radius 1 is 0.708 bits per heavy atom. The highest BCUT2D eigenvalue weighted by Gasteiger charge is 2.47. The second-order valence-electron chi connectivity index (χ2n) is 18.5. The van der Waals surface area contributed by atoms with Gasteiger partial charge in [0.05, 0.1) is 30.8 Å². The van der Waals surface area contributed by atoms with Crippen LogP contribution in [0.3, 0.4) is 0 Å². The fourth-order valence-corrected chi connectivity index (χ4v) is 9.80. The molecule has 0 unspecified atom stereocenters. The normalized spacial score (nSPS) is 18.7. The van der Waals surface area contributed by atoms with Crippen LogP contribution in [0, 0.1) is 0 Å². The highest BCUT2D eigenvalue weighted by Crippen LogP contribution is 2.37. The lowest BCUT2D eigenvalue weighted by molar-refractivity contribution is -0.169. The molecule has 0 saturated heterocycles. The Hall–Kier alpha value is -4.67. The van der Waals surface area contributed by atoms with Gasteiger partial charge in [0.15, 0.2) is 0 Å². The first-order chi connectivity index (χ1) is 34.0. The predicted octanol–water partition coefficient (Wildman–Crippen LogP) is 8.44. The van der Waals surface area contributed by atoms with Crippen LogP contribution >= 0.6 is 23.5 Å². The van der Waals surface area contributed by atoms with Gasteiger partial charge in [0.1, 0.15) is 56.4 Å². The summed E-state index contributed by atoms with van der Waals surface area (Å²) in [7, 11) is 0. The third-order valence-corrected chi connectivity index (χ3v) is 13.6. The van der Waals surface area contributed by atoms with E-state index in [-0.39, 0.29) is 25.0 Å². The van der Waals surface area contributed by atoms with Crippen LogP contribution in [0.1, 0.15) is 146 Å². The van der Waals surface area contributed by atoms with Gasteiger partial charge in [-0.25, -0.2) is 14.4 Å². The van der Waals surface area contributed by atoms with E-state index in [2.05, 4.69) is 22.5 Å². The molecule has 0 fully saturated rings. The minimum atomic E-state index is -1.04. The molecule has 2 aliphatic heterocycles. The summed E-state index contributed by atoms with van der Waals surface area (Å²) in [5, 5.41) is 9.95. The van der Waals surface area contributed by atoms with E-state index < -0.39 is 57.7 Å². The topological polar surface area (TPSA) is 237 Å². The van der Waals surface area contributed by atoms with Gasteiger partial charge in [-0.15, -0.1) is 23.5 Å². The van der Waals surface area contributed by atoms with Crippen molar-refractivity contribution >= 4 is 51.5 Å². The van der Waals surface area contributed by atoms with Crippen molar-refractivity contribution in [3.63, 3.8) is 0 Å². The summed E-state index contributed by atoms with van der Waals surface area (Å²) in [4.78, 5) is 72.3. The molecule has 0 radical (unpaired) electrons. The maximum atomic E-state index is 13.5. The second-order valence-corrected chi connectivity index (χ2v) is 20.4. The van der Waals surface area contributed by atoms with Crippen LogP contribution in [0.5, 0.6) is 11.5 Å². The number of alkyl carbamates (subject to hydrolysis) is 1. The molecule has 72 heavy (non-hydrogen) atoms. The minimum absolute atomic E-state index is 0.256. The molecule has 19 nitrogen and oxygen atoms in total. The van der Waals surface area contributed by atoms with Crippen LogP contribution in [-0.2, 0) is 33.3 Å². The Morgan fingerprint density at radius 3 is 1.50 bits per heavy atom. The first-order valence-corrected chi connectivity index (χ1v) is 26.7. The van der Waals surface area contributed by atoms with Crippen LogP contribution in [0.2, 0.25) is 0 Å². The third kappa shape index (κ3) is 18.7. The Kier molecular flexibility index (Phi) is 24.6. The number of hydrogen-bond donors (Lipinski definition) is 3. The molecule has 2 aromatic heterocycles. The predicted molar refractivity (Wildman–Crippen MR) is 281 cm³/mol. The SMILES string of the molecule is C=CCOc1cc([C@@H](CCC)NC(=O)[C@]2(C)CSC(C(C)(OCC)OCC)=N2)oc(=O)c1.CCC[C@@H](NC(=O)[C@]1(C)CSC(C(C)(OCC)OCC)=N1)c1cc(OCCCNC(=O)OC(C)(C)C)cc(=O)o1. The van der Waals surface area contributed by atoms with Crippen molar-refractivity contribution in [2.24, 2.45) is 9.98 Å². The number of carbonyl (C=O) groups is 3. The molecule has 0 spiro atoms. The zero-order chi connectivity index (χ0) is 53.8. The number of nitrogens with one attached hydrogen (secondary N) is 3. The molecule has 3 amide bonds. The van der Waals surface area contributed by atoms with Crippen molar-refractivity contribution in [1.82, 2.24) is 16.0 Å². The van der Waals surface area contributed by atoms with Gasteiger partial charge in [-0.1, -0.05) is 39.3 Å². The zero-order valence-electron chi connectivity index (χ0n) is 44.6. The smallest absolute Gasteiger partial charge is 0.407 e. The summed E-state index contributed by atoms with van der Waals surface area (Å²) >= 11 is 2.89. The lowest BCUT2D eigenvalue weighted by atomic mass is 10.0. The van der Waals surface area contributed by atoms with Crippen molar-refractivity contribution in [2.45, 2.75) is 162 Å². The molecule has 0 bridgehead atoms. The molecular formula is C51H79N5O14S2. The van der Waals surface area contributed by atoms with Gasteiger partial charge in [-0.05, 0) is 95.4 Å². The zero-order valence-corrected chi connectivity index (χ0v) is 46.2. The Morgan fingerprint density at radius 2 is 1.12 bits per heavy atom. The van der Waals surface area contributed by atoms with E-state index in [1.165, 1.54) is 35.7 Å². The molecule has 2 aromatic rings. The summed E-state index contributed by atoms with van der Waals surface area (Å²) in [5.74, 6) is -0.323. The average Bonchev–Trinajstić information content (AvgIpc) is 3.93. The molecule has 4 heterocycles. The number of thioether (sulfide) groups is 2. The fourth-order valence-electron chi connectivity index (χ4n) is 7.28. The van der Waals surface area contributed by atoms with Crippen LogP contribution in [0.4, 0.5) is 4.79 Å². The van der Waals surface area contributed by atoms with E-state index in [4.69, 9.17) is 52.0 Å². The molecule has 4 rings (SSSR count). The van der Waals surface area contributed by atoms with Gasteiger partial charge >= 0.3 is 17.3 Å². The molecule has 4 atom stereocenters. The quantitative estimate of drug-likeness (QED) is 0.0412. The summed E-state index contributed by atoms with van der Waals surface area (Å²) in [6.45, 7) is 30.3. The highest BCUT2D eigenvalue weighted by molar-refractivity contribution is 8.14. The van der Waals surface area contributed by atoms with Gasteiger partial charge < -0.3 is 57.9 Å². The van der Waals surface area contributed by atoms with Crippen molar-refractivity contribution in [2.75, 3.05) is 57.7 Å². The molecule has 404 valence electrons. The first-order valence-electron chi connectivity index (χ1n) is 24.7. The van der Waals surface area contributed by atoms with Crippen LogP contribution in [0.15, 0.2) is 65.3 Å². The summed E-state index contributed by atoms with van der Waals surface area (Å²) < 4.78 is 50.5. The first kappa shape index (κ1) is 61.6. The van der Waals surface area contributed by atoms with E-state index >= 15 is 0 Å². The van der Waals surface area contributed by atoms with E-state index in [9.17, 15) is 24.0 Å². The second kappa shape index (κ2) is 28.7. The van der Waals surface area contributed by atoms with Gasteiger partial charge in [0.25, 0.3) is 0 Å². The van der Waals surface area contributed by atoms with Gasteiger partial charge in [-0.2, -0.15) is 0 Å². The number of hydrogen-bond acceptors (Lipinski definition) is 18.